The number of hydrogen-bond acceptors (Lipinski definition) is 2. The molecule has 2 aromatic rings. The van der Waals surface area contributed by atoms with Crippen molar-refractivity contribution in [3.8, 4) is 0 Å². The molecule has 1 unspecified atom stereocenters. The van der Waals surface area contributed by atoms with Gasteiger partial charge in [-0.25, -0.2) is 0 Å². The van der Waals surface area contributed by atoms with E-state index in [2.05, 4.69) is 31.9 Å². The summed E-state index contributed by atoms with van der Waals surface area (Å²) >= 11 is 8.52. The maximum atomic E-state index is 10.1. The van der Waals surface area contributed by atoms with Crippen molar-refractivity contribution < 1.29 is 5.11 Å². The maximum absolute atomic E-state index is 10.1. The van der Waals surface area contributed by atoms with Crippen LogP contribution in [0.15, 0.2) is 44.7 Å². The van der Waals surface area contributed by atoms with Crippen LogP contribution in [0.3, 0.4) is 0 Å². The molecule has 0 aliphatic rings. The van der Waals surface area contributed by atoms with Crippen LogP contribution >= 0.6 is 43.2 Å². The standard InChI is InChI=1S/C12H10Br2OS/c13-10-4-3-8(6-11(10)14)12(15)7-9-2-1-5-16-9/h1-6,12,15H,7H2. The van der Waals surface area contributed by atoms with E-state index in [1.807, 2.05) is 35.7 Å². The van der Waals surface area contributed by atoms with Crippen LogP contribution in [0.25, 0.3) is 0 Å². The molecule has 4 heteroatoms. The highest BCUT2D eigenvalue weighted by Gasteiger charge is 2.10. The van der Waals surface area contributed by atoms with Crippen molar-refractivity contribution in [3.05, 3.63) is 55.1 Å². The lowest BCUT2D eigenvalue weighted by atomic mass is 10.1. The van der Waals surface area contributed by atoms with Crippen molar-refractivity contribution in [1.82, 2.24) is 0 Å². The largest absolute Gasteiger partial charge is 0.388 e. The number of halogens is 2. The average Bonchev–Trinajstić information content (AvgIpc) is 2.74. The fourth-order valence-corrected chi connectivity index (χ4v) is 2.84. The van der Waals surface area contributed by atoms with Gasteiger partial charge in [-0.05, 0) is 61.0 Å². The maximum Gasteiger partial charge on any atom is 0.0838 e. The Kier molecular flexibility index (Phi) is 4.19. The van der Waals surface area contributed by atoms with Crippen LogP contribution < -0.4 is 0 Å². The molecule has 1 N–H and O–H groups in total. The van der Waals surface area contributed by atoms with Gasteiger partial charge < -0.3 is 5.11 Å². The van der Waals surface area contributed by atoms with E-state index in [0.717, 1.165) is 14.5 Å². The Morgan fingerprint density at radius 2 is 2.00 bits per heavy atom. The summed E-state index contributed by atoms with van der Waals surface area (Å²) in [4.78, 5) is 1.20. The van der Waals surface area contributed by atoms with Gasteiger partial charge in [-0.2, -0.15) is 0 Å². The molecule has 0 bridgehead atoms. The molecule has 0 fully saturated rings. The lowest BCUT2D eigenvalue weighted by Gasteiger charge is -2.10. The second-order valence-corrected chi connectivity index (χ2v) is 6.21. The number of hydrogen-bond donors (Lipinski definition) is 1. The van der Waals surface area contributed by atoms with E-state index in [1.54, 1.807) is 11.3 Å². The first kappa shape index (κ1) is 12.3. The Morgan fingerprint density at radius 3 is 2.62 bits per heavy atom. The highest BCUT2D eigenvalue weighted by molar-refractivity contribution is 9.13. The minimum atomic E-state index is -0.442. The lowest BCUT2D eigenvalue weighted by Crippen LogP contribution is -2.00. The quantitative estimate of drug-likeness (QED) is 0.850. The first-order valence-corrected chi connectivity index (χ1v) is 7.29. The van der Waals surface area contributed by atoms with Crippen molar-refractivity contribution in [3.63, 3.8) is 0 Å². The third-order valence-corrected chi connectivity index (χ3v) is 5.08. The van der Waals surface area contributed by atoms with Gasteiger partial charge in [0.05, 0.1) is 6.10 Å². The van der Waals surface area contributed by atoms with Gasteiger partial charge in [0.25, 0.3) is 0 Å². The van der Waals surface area contributed by atoms with Crippen molar-refractivity contribution in [1.29, 1.82) is 0 Å². The fourth-order valence-electron chi connectivity index (χ4n) is 1.46. The molecule has 0 saturated carbocycles. The Hall–Kier alpha value is -0.160. The number of aliphatic hydroxyl groups excluding tert-OH is 1. The van der Waals surface area contributed by atoms with Gasteiger partial charge in [-0.1, -0.05) is 12.1 Å². The molecular formula is C12H10Br2OS. The predicted molar refractivity (Wildman–Crippen MR) is 74.8 cm³/mol. The summed E-state index contributed by atoms with van der Waals surface area (Å²) in [5.41, 5.74) is 0.934. The molecule has 2 rings (SSSR count). The van der Waals surface area contributed by atoms with E-state index in [4.69, 9.17) is 0 Å². The normalized spacial score (nSPS) is 12.7. The minimum Gasteiger partial charge on any atom is -0.388 e. The van der Waals surface area contributed by atoms with Gasteiger partial charge >= 0.3 is 0 Å². The van der Waals surface area contributed by atoms with Crippen LogP contribution in [0, 0.1) is 0 Å². The molecule has 1 aromatic heterocycles. The topological polar surface area (TPSA) is 20.2 Å². The molecule has 1 atom stereocenters. The van der Waals surface area contributed by atoms with Gasteiger partial charge in [0.1, 0.15) is 0 Å². The number of rotatable bonds is 3. The molecule has 16 heavy (non-hydrogen) atoms. The minimum absolute atomic E-state index is 0.442. The molecule has 0 amide bonds. The van der Waals surface area contributed by atoms with Crippen LogP contribution in [-0.2, 0) is 6.42 Å². The van der Waals surface area contributed by atoms with Crippen molar-refractivity contribution in [2.45, 2.75) is 12.5 Å². The highest BCUT2D eigenvalue weighted by atomic mass is 79.9. The van der Waals surface area contributed by atoms with Crippen LogP contribution in [-0.4, -0.2) is 5.11 Å². The van der Waals surface area contributed by atoms with Crippen molar-refractivity contribution in [2.75, 3.05) is 0 Å². The Morgan fingerprint density at radius 1 is 1.19 bits per heavy atom. The van der Waals surface area contributed by atoms with Crippen LogP contribution in [0.1, 0.15) is 16.5 Å². The molecule has 0 spiro atoms. The number of aliphatic hydroxyl groups is 1. The Bertz CT molecular complexity index is 468. The average molecular weight is 362 g/mol. The van der Waals surface area contributed by atoms with Gasteiger partial charge in [0.15, 0.2) is 0 Å². The van der Waals surface area contributed by atoms with E-state index >= 15 is 0 Å². The Balaban J connectivity index is 2.14. The number of thiophene rings is 1. The van der Waals surface area contributed by atoms with Gasteiger partial charge in [0.2, 0.25) is 0 Å². The molecule has 1 heterocycles. The summed E-state index contributed by atoms with van der Waals surface area (Å²) in [6, 6.07) is 9.87. The molecule has 0 saturated heterocycles. The third-order valence-electron chi connectivity index (χ3n) is 2.30. The first-order chi connectivity index (χ1) is 7.66. The molecule has 0 aliphatic heterocycles. The summed E-state index contributed by atoms with van der Waals surface area (Å²) < 4.78 is 1.97. The van der Waals surface area contributed by atoms with Crippen LogP contribution in [0.4, 0.5) is 0 Å². The van der Waals surface area contributed by atoms with E-state index in [0.29, 0.717) is 6.42 Å². The van der Waals surface area contributed by atoms with Gasteiger partial charge in [0, 0.05) is 20.2 Å². The van der Waals surface area contributed by atoms with Crippen molar-refractivity contribution in [2.24, 2.45) is 0 Å². The second kappa shape index (κ2) is 5.45. The van der Waals surface area contributed by atoms with Gasteiger partial charge in [-0.15, -0.1) is 11.3 Å². The molecule has 1 nitrogen and oxygen atoms in total. The summed E-state index contributed by atoms with van der Waals surface area (Å²) in [6.45, 7) is 0. The molecule has 0 radical (unpaired) electrons. The SMILES string of the molecule is OC(Cc1cccs1)c1ccc(Br)c(Br)c1. The highest BCUT2D eigenvalue weighted by Crippen LogP contribution is 2.28. The van der Waals surface area contributed by atoms with E-state index in [1.165, 1.54) is 4.88 Å². The zero-order valence-electron chi connectivity index (χ0n) is 8.36. The zero-order valence-corrected chi connectivity index (χ0v) is 12.3. The summed E-state index contributed by atoms with van der Waals surface area (Å²) in [5, 5.41) is 12.1. The van der Waals surface area contributed by atoms with E-state index in [-0.39, 0.29) is 0 Å². The summed E-state index contributed by atoms with van der Waals surface area (Å²) in [5.74, 6) is 0. The fraction of sp³-hybridized carbons (Fsp3) is 0.167. The second-order valence-electron chi connectivity index (χ2n) is 3.47. The molecule has 84 valence electrons. The van der Waals surface area contributed by atoms with E-state index < -0.39 is 6.10 Å². The monoisotopic (exact) mass is 360 g/mol. The number of benzene rings is 1. The van der Waals surface area contributed by atoms with E-state index in [9.17, 15) is 5.11 Å². The smallest absolute Gasteiger partial charge is 0.0838 e. The summed E-state index contributed by atoms with van der Waals surface area (Å²) in [7, 11) is 0. The third kappa shape index (κ3) is 2.94. The van der Waals surface area contributed by atoms with Crippen LogP contribution in [0.2, 0.25) is 0 Å². The Labute approximate surface area is 115 Å². The lowest BCUT2D eigenvalue weighted by molar-refractivity contribution is 0.179. The van der Waals surface area contributed by atoms with Crippen LogP contribution in [0.5, 0.6) is 0 Å². The zero-order chi connectivity index (χ0) is 11.5. The molecule has 0 aliphatic carbocycles. The molecular weight excluding hydrogens is 352 g/mol. The van der Waals surface area contributed by atoms with Gasteiger partial charge in [-0.3, -0.25) is 0 Å². The van der Waals surface area contributed by atoms with Crippen molar-refractivity contribution >= 4 is 43.2 Å². The summed E-state index contributed by atoms with van der Waals surface area (Å²) in [6.07, 6.45) is 0.231. The first-order valence-electron chi connectivity index (χ1n) is 4.82. The molecule has 1 aromatic carbocycles. The predicted octanol–water partition coefficient (Wildman–Crippen LogP) is 4.55.